The predicted octanol–water partition coefficient (Wildman–Crippen LogP) is 1.91. The zero-order valence-electron chi connectivity index (χ0n) is 9.90. The third kappa shape index (κ3) is 2.86. The lowest BCUT2D eigenvalue weighted by Crippen LogP contribution is -2.17. The Balaban J connectivity index is 2.14. The van der Waals surface area contributed by atoms with Gasteiger partial charge in [-0.25, -0.2) is 4.79 Å². The van der Waals surface area contributed by atoms with Crippen LogP contribution in [0, 0.1) is 0 Å². The summed E-state index contributed by atoms with van der Waals surface area (Å²) in [5, 5.41) is 0.339. The van der Waals surface area contributed by atoms with Crippen molar-refractivity contribution in [2.75, 3.05) is 33.5 Å². The van der Waals surface area contributed by atoms with Crippen molar-refractivity contribution < 1.29 is 23.7 Å². The number of benzene rings is 1. The van der Waals surface area contributed by atoms with Crippen molar-refractivity contribution in [3.63, 3.8) is 0 Å². The first-order valence-corrected chi connectivity index (χ1v) is 5.85. The summed E-state index contributed by atoms with van der Waals surface area (Å²) in [7, 11) is 1.54. The van der Waals surface area contributed by atoms with Crippen LogP contribution in [0.2, 0.25) is 5.02 Å². The molecule has 2 rings (SSSR count). The van der Waals surface area contributed by atoms with Crippen molar-refractivity contribution in [3.05, 3.63) is 22.7 Å². The van der Waals surface area contributed by atoms with Gasteiger partial charge in [-0.2, -0.15) is 0 Å². The van der Waals surface area contributed by atoms with Gasteiger partial charge in [-0.3, -0.25) is 0 Å². The van der Waals surface area contributed by atoms with Crippen LogP contribution < -0.4 is 9.47 Å². The maximum absolute atomic E-state index is 11.7. The first kappa shape index (κ1) is 13.0. The summed E-state index contributed by atoms with van der Waals surface area (Å²) in [6.45, 7) is 1.43. The van der Waals surface area contributed by atoms with Crippen LogP contribution in [-0.4, -0.2) is 39.5 Å². The fourth-order valence-electron chi connectivity index (χ4n) is 1.53. The summed E-state index contributed by atoms with van der Waals surface area (Å²) in [5.41, 5.74) is 0.334. The second-order valence-electron chi connectivity index (χ2n) is 3.61. The molecule has 0 bridgehead atoms. The third-order valence-electron chi connectivity index (χ3n) is 2.35. The molecule has 0 radical (unpaired) electrons. The lowest BCUT2D eigenvalue weighted by molar-refractivity contribution is 0.0387. The quantitative estimate of drug-likeness (QED) is 0.619. The average molecular weight is 273 g/mol. The minimum Gasteiger partial charge on any atom is -0.486 e. The molecular formula is C12H13ClO5. The van der Waals surface area contributed by atoms with Crippen LogP contribution in [0.3, 0.4) is 0 Å². The molecule has 1 aromatic carbocycles. The molecule has 0 amide bonds. The Bertz CT molecular complexity index is 446. The number of carbonyl (C=O) groups excluding carboxylic acids is 1. The number of methoxy groups -OCH3 is 1. The molecule has 1 heterocycles. The minimum atomic E-state index is -0.467. The van der Waals surface area contributed by atoms with E-state index >= 15 is 0 Å². The Labute approximate surface area is 110 Å². The van der Waals surface area contributed by atoms with Gasteiger partial charge in [0.1, 0.15) is 19.8 Å². The van der Waals surface area contributed by atoms with Crippen LogP contribution in [0.5, 0.6) is 11.5 Å². The molecule has 1 aliphatic rings. The van der Waals surface area contributed by atoms with Crippen molar-refractivity contribution in [1.82, 2.24) is 0 Å². The number of hydrogen-bond acceptors (Lipinski definition) is 5. The lowest BCUT2D eigenvalue weighted by Gasteiger charge is -2.19. The van der Waals surface area contributed by atoms with Crippen LogP contribution in [0.4, 0.5) is 0 Å². The minimum absolute atomic E-state index is 0.196. The van der Waals surface area contributed by atoms with Gasteiger partial charge in [0.2, 0.25) is 0 Å². The number of esters is 1. The predicted molar refractivity (Wildman–Crippen MR) is 64.6 cm³/mol. The van der Waals surface area contributed by atoms with Crippen LogP contribution in [0.15, 0.2) is 12.1 Å². The Hall–Kier alpha value is -1.46. The van der Waals surface area contributed by atoms with Gasteiger partial charge in [0, 0.05) is 7.11 Å². The van der Waals surface area contributed by atoms with Crippen LogP contribution in [-0.2, 0) is 9.47 Å². The molecule has 0 aromatic heterocycles. The number of hydrogen-bond donors (Lipinski definition) is 0. The number of ether oxygens (including phenoxy) is 4. The number of fused-ring (bicyclic) bond motifs is 1. The maximum Gasteiger partial charge on any atom is 0.338 e. The topological polar surface area (TPSA) is 54.0 Å². The van der Waals surface area contributed by atoms with E-state index in [-0.39, 0.29) is 6.61 Å². The lowest BCUT2D eigenvalue weighted by atomic mass is 10.2. The molecule has 0 spiro atoms. The van der Waals surface area contributed by atoms with E-state index in [4.69, 9.17) is 30.5 Å². The molecule has 98 valence electrons. The summed E-state index contributed by atoms with van der Waals surface area (Å²) in [6, 6.07) is 3.07. The van der Waals surface area contributed by atoms with Gasteiger partial charge in [0.15, 0.2) is 11.5 Å². The standard InChI is InChI=1S/C12H13ClO5/c1-15-2-3-18-12(14)8-6-9(13)11-10(7-8)16-4-5-17-11/h6-7H,2-5H2,1H3. The third-order valence-corrected chi connectivity index (χ3v) is 2.63. The van der Waals surface area contributed by atoms with E-state index in [0.29, 0.717) is 41.9 Å². The molecule has 0 saturated carbocycles. The van der Waals surface area contributed by atoms with Crippen molar-refractivity contribution >= 4 is 17.6 Å². The first-order chi connectivity index (χ1) is 8.72. The Morgan fingerprint density at radius 3 is 2.89 bits per heavy atom. The van der Waals surface area contributed by atoms with Crippen molar-refractivity contribution in [2.24, 2.45) is 0 Å². The van der Waals surface area contributed by atoms with Gasteiger partial charge in [-0.15, -0.1) is 0 Å². The van der Waals surface area contributed by atoms with Gasteiger partial charge in [0.05, 0.1) is 17.2 Å². The fourth-order valence-corrected chi connectivity index (χ4v) is 1.79. The summed E-state index contributed by atoms with van der Waals surface area (Å²) in [4.78, 5) is 11.7. The van der Waals surface area contributed by atoms with Gasteiger partial charge < -0.3 is 18.9 Å². The summed E-state index contributed by atoms with van der Waals surface area (Å²) >= 11 is 6.02. The van der Waals surface area contributed by atoms with E-state index in [2.05, 4.69) is 0 Å². The highest BCUT2D eigenvalue weighted by atomic mass is 35.5. The van der Waals surface area contributed by atoms with E-state index in [0.717, 1.165) is 0 Å². The molecule has 6 heteroatoms. The second kappa shape index (κ2) is 5.93. The smallest absolute Gasteiger partial charge is 0.338 e. The zero-order valence-corrected chi connectivity index (χ0v) is 10.7. The van der Waals surface area contributed by atoms with Crippen LogP contribution in [0.25, 0.3) is 0 Å². The van der Waals surface area contributed by atoms with Crippen molar-refractivity contribution in [3.8, 4) is 11.5 Å². The van der Waals surface area contributed by atoms with Gasteiger partial charge in [-0.05, 0) is 12.1 Å². The second-order valence-corrected chi connectivity index (χ2v) is 4.02. The molecule has 18 heavy (non-hydrogen) atoms. The van der Waals surface area contributed by atoms with Crippen molar-refractivity contribution in [2.45, 2.75) is 0 Å². The van der Waals surface area contributed by atoms with E-state index in [1.165, 1.54) is 13.2 Å². The van der Waals surface area contributed by atoms with Crippen LogP contribution in [0.1, 0.15) is 10.4 Å². The Morgan fingerprint density at radius 1 is 1.33 bits per heavy atom. The molecule has 0 N–H and O–H groups in total. The largest absolute Gasteiger partial charge is 0.486 e. The van der Waals surface area contributed by atoms with Gasteiger partial charge in [-0.1, -0.05) is 11.6 Å². The van der Waals surface area contributed by atoms with E-state index in [1.807, 2.05) is 0 Å². The van der Waals surface area contributed by atoms with Gasteiger partial charge in [0.25, 0.3) is 0 Å². The molecule has 0 unspecified atom stereocenters. The molecule has 0 aliphatic carbocycles. The normalized spacial score (nSPS) is 13.2. The molecule has 1 aliphatic heterocycles. The molecular weight excluding hydrogens is 260 g/mol. The first-order valence-electron chi connectivity index (χ1n) is 5.47. The number of rotatable bonds is 4. The maximum atomic E-state index is 11.7. The fraction of sp³-hybridized carbons (Fsp3) is 0.417. The monoisotopic (exact) mass is 272 g/mol. The number of halogens is 1. The van der Waals surface area contributed by atoms with Gasteiger partial charge >= 0.3 is 5.97 Å². The van der Waals surface area contributed by atoms with E-state index < -0.39 is 5.97 Å². The summed E-state index contributed by atoms with van der Waals surface area (Å²) in [5.74, 6) is 0.467. The summed E-state index contributed by atoms with van der Waals surface area (Å²) < 4.78 is 20.5. The molecule has 0 fully saturated rings. The highest BCUT2D eigenvalue weighted by Gasteiger charge is 2.19. The highest BCUT2D eigenvalue weighted by molar-refractivity contribution is 6.32. The zero-order chi connectivity index (χ0) is 13.0. The Morgan fingerprint density at radius 2 is 2.11 bits per heavy atom. The highest BCUT2D eigenvalue weighted by Crippen LogP contribution is 2.38. The Kier molecular flexibility index (Phi) is 4.28. The molecule has 0 saturated heterocycles. The SMILES string of the molecule is COCCOC(=O)c1cc(Cl)c2c(c1)OCCO2. The van der Waals surface area contributed by atoms with Crippen molar-refractivity contribution in [1.29, 1.82) is 0 Å². The van der Waals surface area contributed by atoms with E-state index in [9.17, 15) is 4.79 Å². The molecule has 1 aromatic rings. The molecule has 5 nitrogen and oxygen atoms in total. The molecule has 0 atom stereocenters. The average Bonchev–Trinajstić information content (AvgIpc) is 2.39. The van der Waals surface area contributed by atoms with E-state index in [1.54, 1.807) is 6.07 Å². The summed E-state index contributed by atoms with van der Waals surface area (Å²) in [6.07, 6.45) is 0. The van der Waals surface area contributed by atoms with Crippen LogP contribution >= 0.6 is 11.6 Å². The number of carbonyl (C=O) groups is 1.